The van der Waals surface area contributed by atoms with Gasteiger partial charge in [0, 0.05) is 23.1 Å². The molecule has 2 aromatic carbocycles. The predicted molar refractivity (Wildman–Crippen MR) is 117 cm³/mol. The summed E-state index contributed by atoms with van der Waals surface area (Å²) in [5, 5.41) is 5.63. The molecule has 146 valence electrons. The fraction of sp³-hybridized carbons (Fsp3) is 0.250. The number of anilines is 1. The van der Waals surface area contributed by atoms with Crippen molar-refractivity contribution in [3.8, 4) is 0 Å². The van der Waals surface area contributed by atoms with Gasteiger partial charge in [0.25, 0.3) is 0 Å². The van der Waals surface area contributed by atoms with E-state index in [0.29, 0.717) is 0 Å². The van der Waals surface area contributed by atoms with E-state index in [2.05, 4.69) is 31.5 Å². The Balaban J connectivity index is 1.53. The van der Waals surface area contributed by atoms with Crippen molar-refractivity contribution < 1.29 is 9.59 Å². The molecule has 3 rings (SSSR count). The SMILES string of the molecule is CSCc1nc2ccccc2n1CC(=O)NCCC(=O)Nc1ccc(Br)cc1. The summed E-state index contributed by atoms with van der Waals surface area (Å²) in [5.41, 5.74) is 2.55. The van der Waals surface area contributed by atoms with Crippen LogP contribution in [0.3, 0.4) is 0 Å². The van der Waals surface area contributed by atoms with E-state index in [1.165, 1.54) is 0 Å². The molecular formula is C20H21BrN4O2S. The van der Waals surface area contributed by atoms with Gasteiger partial charge in [-0.05, 0) is 42.7 Å². The Hall–Kier alpha value is -2.32. The van der Waals surface area contributed by atoms with Gasteiger partial charge in [0.15, 0.2) is 0 Å². The van der Waals surface area contributed by atoms with Crippen LogP contribution in [0.1, 0.15) is 12.2 Å². The molecule has 0 radical (unpaired) electrons. The lowest BCUT2D eigenvalue weighted by molar-refractivity contribution is -0.121. The first-order valence-electron chi connectivity index (χ1n) is 8.82. The molecule has 0 aliphatic heterocycles. The normalized spacial score (nSPS) is 10.8. The molecule has 0 aliphatic carbocycles. The molecule has 8 heteroatoms. The van der Waals surface area contributed by atoms with Crippen LogP contribution in [0.4, 0.5) is 5.69 Å². The van der Waals surface area contributed by atoms with Crippen LogP contribution in [0.5, 0.6) is 0 Å². The minimum atomic E-state index is -0.140. The summed E-state index contributed by atoms with van der Waals surface area (Å²) in [6.45, 7) is 0.469. The minimum absolute atomic E-state index is 0.137. The lowest BCUT2D eigenvalue weighted by Gasteiger charge is -2.10. The average molecular weight is 461 g/mol. The summed E-state index contributed by atoms with van der Waals surface area (Å²) in [5.74, 6) is 1.33. The molecular weight excluding hydrogens is 440 g/mol. The third-order valence-electron chi connectivity index (χ3n) is 4.11. The molecule has 0 bridgehead atoms. The maximum Gasteiger partial charge on any atom is 0.240 e. The van der Waals surface area contributed by atoms with E-state index in [1.807, 2.05) is 59.4 Å². The Labute approximate surface area is 176 Å². The van der Waals surface area contributed by atoms with Crippen molar-refractivity contribution in [2.75, 3.05) is 18.1 Å². The van der Waals surface area contributed by atoms with Crippen LogP contribution in [0, 0.1) is 0 Å². The first-order chi connectivity index (χ1) is 13.6. The zero-order valence-electron chi connectivity index (χ0n) is 15.4. The number of fused-ring (bicyclic) bond motifs is 1. The fourth-order valence-electron chi connectivity index (χ4n) is 2.81. The molecule has 0 saturated heterocycles. The van der Waals surface area contributed by atoms with Gasteiger partial charge in [-0.25, -0.2) is 4.98 Å². The van der Waals surface area contributed by atoms with E-state index in [-0.39, 0.29) is 31.3 Å². The molecule has 0 aliphatic rings. The molecule has 2 N–H and O–H groups in total. The van der Waals surface area contributed by atoms with Crippen LogP contribution in [-0.2, 0) is 21.9 Å². The molecule has 2 amide bonds. The van der Waals surface area contributed by atoms with E-state index in [0.717, 1.165) is 32.8 Å². The summed E-state index contributed by atoms with van der Waals surface area (Å²) in [7, 11) is 0. The first-order valence-corrected chi connectivity index (χ1v) is 11.0. The number of thioether (sulfide) groups is 1. The Bertz CT molecular complexity index is 972. The van der Waals surface area contributed by atoms with Crippen molar-refractivity contribution >= 4 is 56.2 Å². The van der Waals surface area contributed by atoms with Gasteiger partial charge in [-0.3, -0.25) is 9.59 Å². The number of carbonyl (C=O) groups is 2. The third-order valence-corrected chi connectivity index (χ3v) is 5.19. The second kappa shape index (κ2) is 9.75. The monoisotopic (exact) mass is 460 g/mol. The summed E-state index contributed by atoms with van der Waals surface area (Å²) in [6, 6.07) is 15.1. The summed E-state index contributed by atoms with van der Waals surface area (Å²) >= 11 is 5.02. The van der Waals surface area contributed by atoms with Crippen LogP contribution in [0.15, 0.2) is 53.0 Å². The minimum Gasteiger partial charge on any atom is -0.354 e. The maximum atomic E-state index is 12.4. The molecule has 6 nitrogen and oxygen atoms in total. The van der Waals surface area contributed by atoms with Crippen molar-refractivity contribution in [1.29, 1.82) is 0 Å². The highest BCUT2D eigenvalue weighted by molar-refractivity contribution is 9.10. The van der Waals surface area contributed by atoms with Crippen LogP contribution in [-0.4, -0.2) is 34.2 Å². The molecule has 0 saturated carbocycles. The Morgan fingerprint density at radius 2 is 1.86 bits per heavy atom. The highest BCUT2D eigenvalue weighted by atomic mass is 79.9. The van der Waals surface area contributed by atoms with Crippen molar-refractivity contribution in [3.05, 3.63) is 58.8 Å². The maximum absolute atomic E-state index is 12.4. The highest BCUT2D eigenvalue weighted by Gasteiger charge is 2.13. The van der Waals surface area contributed by atoms with Crippen molar-refractivity contribution in [2.24, 2.45) is 0 Å². The van der Waals surface area contributed by atoms with E-state index in [1.54, 1.807) is 11.8 Å². The number of halogens is 1. The number of hydrogen-bond acceptors (Lipinski definition) is 4. The second-order valence-electron chi connectivity index (χ2n) is 6.19. The number of nitrogens with zero attached hydrogens (tertiary/aromatic N) is 2. The molecule has 0 fully saturated rings. The Morgan fingerprint density at radius 3 is 2.61 bits per heavy atom. The molecule has 3 aromatic rings. The summed E-state index contributed by atoms with van der Waals surface area (Å²) in [4.78, 5) is 29.0. The van der Waals surface area contributed by atoms with E-state index >= 15 is 0 Å². The van der Waals surface area contributed by atoms with Gasteiger partial charge in [0.05, 0.1) is 16.8 Å². The van der Waals surface area contributed by atoms with Crippen LogP contribution >= 0.6 is 27.7 Å². The Morgan fingerprint density at radius 1 is 1.11 bits per heavy atom. The van der Waals surface area contributed by atoms with Crippen molar-refractivity contribution in [2.45, 2.75) is 18.7 Å². The van der Waals surface area contributed by atoms with Crippen LogP contribution < -0.4 is 10.6 Å². The number of para-hydroxylation sites is 2. The van der Waals surface area contributed by atoms with Gasteiger partial charge in [-0.2, -0.15) is 11.8 Å². The standard InChI is InChI=1S/C20H21BrN4O2S/c1-28-13-18-24-16-4-2-3-5-17(16)25(18)12-20(27)22-11-10-19(26)23-15-8-6-14(21)7-9-15/h2-9H,10-13H2,1H3,(H,22,27)(H,23,26). The third kappa shape index (κ3) is 5.36. The van der Waals surface area contributed by atoms with Crippen molar-refractivity contribution in [3.63, 3.8) is 0 Å². The molecule has 28 heavy (non-hydrogen) atoms. The van der Waals surface area contributed by atoms with Gasteiger partial charge in [-0.1, -0.05) is 28.1 Å². The summed E-state index contributed by atoms with van der Waals surface area (Å²) in [6.07, 6.45) is 2.22. The molecule has 0 atom stereocenters. The summed E-state index contributed by atoms with van der Waals surface area (Å²) < 4.78 is 2.88. The molecule has 1 aromatic heterocycles. The highest BCUT2D eigenvalue weighted by Crippen LogP contribution is 2.19. The van der Waals surface area contributed by atoms with Crippen molar-refractivity contribution in [1.82, 2.24) is 14.9 Å². The first kappa shape index (κ1) is 20.4. The van der Waals surface area contributed by atoms with Gasteiger partial charge < -0.3 is 15.2 Å². The molecule has 0 unspecified atom stereocenters. The predicted octanol–water partition coefficient (Wildman–Crippen LogP) is 3.81. The quantitative estimate of drug-likeness (QED) is 0.535. The number of benzene rings is 2. The van der Waals surface area contributed by atoms with Gasteiger partial charge in [-0.15, -0.1) is 0 Å². The number of aromatic nitrogens is 2. The van der Waals surface area contributed by atoms with Crippen LogP contribution in [0.25, 0.3) is 11.0 Å². The topological polar surface area (TPSA) is 76.0 Å². The smallest absolute Gasteiger partial charge is 0.240 e. The van der Waals surface area contributed by atoms with Gasteiger partial charge >= 0.3 is 0 Å². The molecule has 0 spiro atoms. The number of carbonyl (C=O) groups excluding carboxylic acids is 2. The van der Waals surface area contributed by atoms with E-state index < -0.39 is 0 Å². The number of nitrogens with one attached hydrogen (secondary N) is 2. The van der Waals surface area contributed by atoms with E-state index in [9.17, 15) is 9.59 Å². The number of rotatable bonds is 8. The average Bonchev–Trinajstić information content (AvgIpc) is 3.01. The number of imidazole rings is 1. The second-order valence-corrected chi connectivity index (χ2v) is 7.97. The lowest BCUT2D eigenvalue weighted by Crippen LogP contribution is -2.31. The zero-order valence-corrected chi connectivity index (χ0v) is 17.8. The fourth-order valence-corrected chi connectivity index (χ4v) is 3.56. The molecule has 1 heterocycles. The zero-order chi connectivity index (χ0) is 19.9. The number of amides is 2. The number of hydrogen-bond donors (Lipinski definition) is 2. The van der Waals surface area contributed by atoms with Crippen LogP contribution in [0.2, 0.25) is 0 Å². The Kier molecular flexibility index (Phi) is 7.11. The van der Waals surface area contributed by atoms with Gasteiger partial charge in [0.1, 0.15) is 12.4 Å². The lowest BCUT2D eigenvalue weighted by atomic mass is 10.3. The van der Waals surface area contributed by atoms with Gasteiger partial charge in [0.2, 0.25) is 11.8 Å². The largest absolute Gasteiger partial charge is 0.354 e. The van der Waals surface area contributed by atoms with E-state index in [4.69, 9.17) is 0 Å².